The van der Waals surface area contributed by atoms with Crippen LogP contribution < -0.4 is 9.64 Å². The first kappa shape index (κ1) is 17.9. The zero-order chi connectivity index (χ0) is 18.5. The number of carbonyl (C=O) groups excluding carboxylic acids is 2. The lowest BCUT2D eigenvalue weighted by molar-refractivity contribution is -0.129. The van der Waals surface area contributed by atoms with Gasteiger partial charge in [-0.05, 0) is 48.7 Å². The van der Waals surface area contributed by atoms with Crippen molar-refractivity contribution in [1.29, 1.82) is 0 Å². The summed E-state index contributed by atoms with van der Waals surface area (Å²) in [7, 11) is 1.79. The molecule has 1 aromatic heterocycles. The van der Waals surface area contributed by atoms with Crippen molar-refractivity contribution in [2.75, 3.05) is 31.6 Å². The number of hydrogen-bond donors (Lipinski definition) is 0. The van der Waals surface area contributed by atoms with Crippen LogP contribution in [-0.4, -0.2) is 48.4 Å². The molecule has 0 fully saturated rings. The van der Waals surface area contributed by atoms with Crippen LogP contribution in [0.25, 0.3) is 0 Å². The number of carbonyl (C=O) groups is 2. The van der Waals surface area contributed by atoms with Crippen molar-refractivity contribution in [2.24, 2.45) is 0 Å². The van der Waals surface area contributed by atoms with E-state index in [1.54, 1.807) is 29.2 Å². The Morgan fingerprint density at radius 3 is 2.81 bits per heavy atom. The Labute approximate surface area is 153 Å². The van der Waals surface area contributed by atoms with Crippen molar-refractivity contribution in [1.82, 2.24) is 9.88 Å². The largest absolute Gasteiger partial charge is 0.482 e. The van der Waals surface area contributed by atoms with E-state index in [1.165, 1.54) is 0 Å². The lowest BCUT2D eigenvalue weighted by Gasteiger charge is -2.30. The van der Waals surface area contributed by atoms with Crippen LogP contribution >= 0.6 is 0 Å². The molecular formula is C20H23N3O3. The highest BCUT2D eigenvalue weighted by Crippen LogP contribution is 2.32. The third-order valence-electron chi connectivity index (χ3n) is 4.52. The Morgan fingerprint density at radius 1 is 1.27 bits per heavy atom. The summed E-state index contributed by atoms with van der Waals surface area (Å²) in [6.07, 6.45) is 4.57. The van der Waals surface area contributed by atoms with Gasteiger partial charge in [0.15, 0.2) is 6.61 Å². The first-order chi connectivity index (χ1) is 12.5. The van der Waals surface area contributed by atoms with Crippen LogP contribution in [0.5, 0.6) is 5.75 Å². The summed E-state index contributed by atoms with van der Waals surface area (Å²) < 4.78 is 5.47. The van der Waals surface area contributed by atoms with Gasteiger partial charge >= 0.3 is 0 Å². The molecule has 26 heavy (non-hydrogen) atoms. The number of aryl methyl sites for hydroxylation is 1. The number of ether oxygens (including phenoxy) is 1. The molecule has 2 amide bonds. The molecule has 0 atom stereocenters. The first-order valence-corrected chi connectivity index (χ1v) is 8.71. The summed E-state index contributed by atoms with van der Waals surface area (Å²) in [5, 5.41) is 0. The number of fused-ring (bicyclic) bond motifs is 1. The maximum absolute atomic E-state index is 12.4. The van der Waals surface area contributed by atoms with Crippen LogP contribution in [0.15, 0.2) is 42.7 Å². The normalized spacial score (nSPS) is 13.2. The summed E-state index contributed by atoms with van der Waals surface area (Å²) in [5.74, 6) is 0.594. The van der Waals surface area contributed by atoms with Crippen molar-refractivity contribution >= 4 is 17.5 Å². The monoisotopic (exact) mass is 353 g/mol. The van der Waals surface area contributed by atoms with Crippen LogP contribution in [0.2, 0.25) is 0 Å². The van der Waals surface area contributed by atoms with Gasteiger partial charge < -0.3 is 14.5 Å². The minimum Gasteiger partial charge on any atom is -0.482 e. The fourth-order valence-corrected chi connectivity index (χ4v) is 2.93. The molecule has 6 heteroatoms. The third kappa shape index (κ3) is 4.20. The quantitative estimate of drug-likeness (QED) is 0.799. The fraction of sp³-hybridized carbons (Fsp3) is 0.350. The van der Waals surface area contributed by atoms with E-state index in [-0.39, 0.29) is 24.8 Å². The Bertz CT molecular complexity index is 792. The van der Waals surface area contributed by atoms with Gasteiger partial charge in [-0.1, -0.05) is 6.07 Å². The molecule has 2 heterocycles. The number of nitrogens with zero attached hydrogens (tertiary/aromatic N) is 3. The molecule has 0 bridgehead atoms. The number of anilines is 1. The van der Waals surface area contributed by atoms with Crippen LogP contribution in [0.1, 0.15) is 17.5 Å². The minimum atomic E-state index is -0.115. The van der Waals surface area contributed by atoms with Gasteiger partial charge in [0.2, 0.25) is 5.91 Å². The number of rotatable bonds is 6. The van der Waals surface area contributed by atoms with E-state index in [9.17, 15) is 9.59 Å². The highest BCUT2D eigenvalue weighted by atomic mass is 16.5. The van der Waals surface area contributed by atoms with E-state index in [0.717, 1.165) is 23.2 Å². The van der Waals surface area contributed by atoms with Crippen LogP contribution in [-0.2, 0) is 16.0 Å². The SMILES string of the molecule is Cc1ccc2c(c1)N(CCC(=O)N(C)CCc1ccncc1)C(=O)CO2. The average Bonchev–Trinajstić information content (AvgIpc) is 2.66. The first-order valence-electron chi connectivity index (χ1n) is 8.71. The lowest BCUT2D eigenvalue weighted by Crippen LogP contribution is -2.41. The summed E-state index contributed by atoms with van der Waals surface area (Å²) >= 11 is 0. The molecule has 1 aromatic carbocycles. The second kappa shape index (κ2) is 7.99. The molecule has 0 radical (unpaired) electrons. The second-order valence-electron chi connectivity index (χ2n) is 6.48. The molecule has 0 spiro atoms. The molecule has 2 aromatic rings. The molecule has 136 valence electrons. The van der Waals surface area contributed by atoms with E-state index >= 15 is 0 Å². The number of likely N-dealkylation sites (N-methyl/N-ethyl adjacent to an activating group) is 1. The molecule has 0 saturated carbocycles. The van der Waals surface area contributed by atoms with Gasteiger partial charge in [-0.15, -0.1) is 0 Å². The summed E-state index contributed by atoms with van der Waals surface area (Å²) in [4.78, 5) is 32.0. The maximum atomic E-state index is 12.4. The topological polar surface area (TPSA) is 62.7 Å². The van der Waals surface area contributed by atoms with Gasteiger partial charge in [0.05, 0.1) is 5.69 Å². The second-order valence-corrected chi connectivity index (χ2v) is 6.48. The van der Waals surface area contributed by atoms with Crippen molar-refractivity contribution in [3.05, 3.63) is 53.9 Å². The Balaban J connectivity index is 1.57. The van der Waals surface area contributed by atoms with E-state index in [2.05, 4.69) is 4.98 Å². The Hall–Kier alpha value is -2.89. The van der Waals surface area contributed by atoms with Gasteiger partial charge in [-0.25, -0.2) is 0 Å². The van der Waals surface area contributed by atoms with Crippen molar-refractivity contribution in [3.8, 4) is 5.75 Å². The lowest BCUT2D eigenvalue weighted by atomic mass is 10.1. The third-order valence-corrected chi connectivity index (χ3v) is 4.52. The Morgan fingerprint density at radius 2 is 2.04 bits per heavy atom. The van der Waals surface area contributed by atoms with E-state index in [1.807, 2.05) is 37.3 Å². The van der Waals surface area contributed by atoms with Crippen LogP contribution in [0.4, 0.5) is 5.69 Å². The van der Waals surface area contributed by atoms with Gasteiger partial charge in [0.1, 0.15) is 5.75 Å². The van der Waals surface area contributed by atoms with Gasteiger partial charge in [-0.3, -0.25) is 14.6 Å². The van der Waals surface area contributed by atoms with Gasteiger partial charge in [0.25, 0.3) is 5.91 Å². The standard InChI is InChI=1S/C20H23N3O3/c1-15-3-4-18-17(13-15)23(20(25)14-26-18)12-8-19(24)22(2)11-7-16-5-9-21-10-6-16/h3-6,9-10,13H,7-8,11-12,14H2,1-2H3. The zero-order valence-corrected chi connectivity index (χ0v) is 15.1. The Kier molecular flexibility index (Phi) is 5.51. The summed E-state index contributed by atoms with van der Waals surface area (Å²) in [6.45, 7) is 2.98. The number of aromatic nitrogens is 1. The predicted molar refractivity (Wildman–Crippen MR) is 99.2 cm³/mol. The molecule has 1 aliphatic rings. The van der Waals surface area contributed by atoms with Gasteiger partial charge in [0, 0.05) is 39.0 Å². The molecular weight excluding hydrogens is 330 g/mol. The van der Waals surface area contributed by atoms with Crippen molar-refractivity contribution in [2.45, 2.75) is 19.8 Å². The molecule has 1 aliphatic heterocycles. The molecule has 0 aliphatic carbocycles. The molecule has 3 rings (SSSR count). The highest BCUT2D eigenvalue weighted by Gasteiger charge is 2.26. The number of amides is 2. The van der Waals surface area contributed by atoms with Crippen LogP contribution in [0.3, 0.4) is 0 Å². The van der Waals surface area contributed by atoms with Gasteiger partial charge in [-0.2, -0.15) is 0 Å². The fourth-order valence-electron chi connectivity index (χ4n) is 2.93. The van der Waals surface area contributed by atoms with Crippen molar-refractivity contribution in [3.63, 3.8) is 0 Å². The number of pyridine rings is 1. The minimum absolute atomic E-state index is 0.0160. The number of hydrogen-bond acceptors (Lipinski definition) is 4. The van der Waals surface area contributed by atoms with E-state index < -0.39 is 0 Å². The number of benzene rings is 1. The summed E-state index contributed by atoms with van der Waals surface area (Å²) in [5.41, 5.74) is 2.94. The van der Waals surface area contributed by atoms with E-state index in [0.29, 0.717) is 18.8 Å². The average molecular weight is 353 g/mol. The smallest absolute Gasteiger partial charge is 0.265 e. The molecule has 6 nitrogen and oxygen atoms in total. The summed E-state index contributed by atoms with van der Waals surface area (Å²) in [6, 6.07) is 9.63. The zero-order valence-electron chi connectivity index (χ0n) is 15.1. The maximum Gasteiger partial charge on any atom is 0.265 e. The predicted octanol–water partition coefficient (Wildman–Crippen LogP) is 2.21. The van der Waals surface area contributed by atoms with E-state index in [4.69, 9.17) is 4.74 Å². The van der Waals surface area contributed by atoms with Crippen LogP contribution in [0, 0.1) is 6.92 Å². The van der Waals surface area contributed by atoms with Crippen molar-refractivity contribution < 1.29 is 14.3 Å². The molecule has 0 N–H and O–H groups in total. The molecule has 0 unspecified atom stereocenters. The highest BCUT2D eigenvalue weighted by molar-refractivity contribution is 5.98. The molecule has 0 saturated heterocycles.